The summed E-state index contributed by atoms with van der Waals surface area (Å²) < 4.78 is 10.6. The van der Waals surface area contributed by atoms with Crippen molar-refractivity contribution in [2.24, 2.45) is 0 Å². The number of nitrogens with one attached hydrogen (secondary N) is 1. The number of hydrogen-bond acceptors (Lipinski definition) is 5. The van der Waals surface area contributed by atoms with E-state index in [1.54, 1.807) is 0 Å². The summed E-state index contributed by atoms with van der Waals surface area (Å²) in [7, 11) is 0. The highest BCUT2D eigenvalue weighted by molar-refractivity contribution is 6.16. The van der Waals surface area contributed by atoms with Crippen molar-refractivity contribution in [3.05, 3.63) is 5.89 Å². The molecule has 78 valence electrons. The standard InChI is InChI=1S/C8H12ClN3O2/c9-4-7-11-12-8(14-7)10-5-6-2-1-3-13-6/h6H,1-5H2,(H,10,12). The van der Waals surface area contributed by atoms with Gasteiger partial charge in [0.1, 0.15) is 5.88 Å². The molecule has 5 nitrogen and oxygen atoms in total. The number of hydrogen-bond donors (Lipinski definition) is 1. The molecule has 2 rings (SSSR count). The molecule has 1 aromatic heterocycles. The molecular formula is C8H12ClN3O2. The molecule has 0 radical (unpaired) electrons. The molecule has 0 amide bonds. The van der Waals surface area contributed by atoms with Gasteiger partial charge in [-0.15, -0.1) is 16.7 Å². The molecule has 14 heavy (non-hydrogen) atoms. The Kier molecular flexibility index (Phi) is 3.21. The van der Waals surface area contributed by atoms with Gasteiger partial charge in [0.15, 0.2) is 0 Å². The van der Waals surface area contributed by atoms with E-state index in [0.29, 0.717) is 18.5 Å². The Balaban J connectivity index is 1.79. The summed E-state index contributed by atoms with van der Waals surface area (Å²) in [5, 5.41) is 10.5. The van der Waals surface area contributed by atoms with Gasteiger partial charge in [-0.3, -0.25) is 0 Å². The van der Waals surface area contributed by atoms with Crippen LogP contribution in [0.5, 0.6) is 0 Å². The molecule has 0 spiro atoms. The third kappa shape index (κ3) is 2.36. The van der Waals surface area contributed by atoms with E-state index in [2.05, 4.69) is 15.5 Å². The van der Waals surface area contributed by atoms with Crippen LogP contribution in [0.25, 0.3) is 0 Å². The number of aromatic nitrogens is 2. The van der Waals surface area contributed by atoms with E-state index in [-0.39, 0.29) is 12.0 Å². The van der Waals surface area contributed by atoms with Gasteiger partial charge in [0.05, 0.1) is 6.10 Å². The van der Waals surface area contributed by atoms with Crippen molar-refractivity contribution >= 4 is 17.6 Å². The molecular weight excluding hydrogens is 206 g/mol. The minimum atomic E-state index is 0.245. The lowest BCUT2D eigenvalue weighted by atomic mass is 10.2. The fourth-order valence-corrected chi connectivity index (χ4v) is 1.49. The summed E-state index contributed by atoms with van der Waals surface area (Å²) in [5.41, 5.74) is 0. The molecule has 6 heteroatoms. The molecule has 1 aromatic rings. The molecule has 1 fully saturated rings. The predicted octanol–water partition coefficient (Wildman–Crippen LogP) is 1.40. The number of alkyl halides is 1. The first-order valence-corrected chi connectivity index (χ1v) is 5.16. The Labute approximate surface area is 86.8 Å². The van der Waals surface area contributed by atoms with Crippen LogP contribution in [-0.4, -0.2) is 29.5 Å². The smallest absolute Gasteiger partial charge is 0.315 e. The fraction of sp³-hybridized carbons (Fsp3) is 0.750. The van der Waals surface area contributed by atoms with Crippen LogP contribution in [-0.2, 0) is 10.6 Å². The van der Waals surface area contributed by atoms with Crippen molar-refractivity contribution in [1.82, 2.24) is 10.2 Å². The Morgan fingerprint density at radius 2 is 2.43 bits per heavy atom. The molecule has 0 bridgehead atoms. The summed E-state index contributed by atoms with van der Waals surface area (Å²) >= 11 is 5.52. The number of nitrogens with zero attached hydrogens (tertiary/aromatic N) is 2. The van der Waals surface area contributed by atoms with Gasteiger partial charge in [0, 0.05) is 13.2 Å². The van der Waals surface area contributed by atoms with Crippen LogP contribution in [0.15, 0.2) is 4.42 Å². The Morgan fingerprint density at radius 3 is 3.07 bits per heavy atom. The van der Waals surface area contributed by atoms with Crippen molar-refractivity contribution in [3.63, 3.8) is 0 Å². The van der Waals surface area contributed by atoms with Gasteiger partial charge in [0.25, 0.3) is 0 Å². The van der Waals surface area contributed by atoms with Gasteiger partial charge >= 0.3 is 6.01 Å². The van der Waals surface area contributed by atoms with Crippen molar-refractivity contribution in [2.75, 3.05) is 18.5 Å². The van der Waals surface area contributed by atoms with Crippen molar-refractivity contribution < 1.29 is 9.15 Å². The maximum Gasteiger partial charge on any atom is 0.315 e. The summed E-state index contributed by atoms with van der Waals surface area (Å²) in [5.74, 6) is 0.677. The Bertz CT molecular complexity index is 286. The monoisotopic (exact) mass is 217 g/mol. The van der Waals surface area contributed by atoms with Gasteiger partial charge in [-0.1, -0.05) is 5.10 Å². The second kappa shape index (κ2) is 4.61. The molecule has 2 heterocycles. The zero-order chi connectivity index (χ0) is 9.80. The van der Waals surface area contributed by atoms with Crippen LogP contribution in [0, 0.1) is 0 Å². The largest absolute Gasteiger partial charge is 0.407 e. The zero-order valence-electron chi connectivity index (χ0n) is 7.70. The summed E-state index contributed by atoms with van der Waals surface area (Å²) in [6, 6.07) is 0.413. The first-order valence-electron chi connectivity index (χ1n) is 4.62. The average molecular weight is 218 g/mol. The number of rotatable bonds is 4. The van der Waals surface area contributed by atoms with E-state index in [1.807, 2.05) is 0 Å². The van der Waals surface area contributed by atoms with E-state index in [9.17, 15) is 0 Å². The lowest BCUT2D eigenvalue weighted by molar-refractivity contribution is 0.120. The molecule has 0 aliphatic carbocycles. The highest BCUT2D eigenvalue weighted by Gasteiger charge is 2.16. The zero-order valence-corrected chi connectivity index (χ0v) is 8.46. The fourth-order valence-electron chi connectivity index (χ4n) is 1.39. The highest BCUT2D eigenvalue weighted by atomic mass is 35.5. The molecule has 1 aliphatic heterocycles. The number of anilines is 1. The maximum absolute atomic E-state index is 5.52. The van der Waals surface area contributed by atoms with Gasteiger partial charge < -0.3 is 14.5 Å². The normalized spacial score (nSPS) is 21.4. The van der Waals surface area contributed by atoms with Gasteiger partial charge in [0.2, 0.25) is 5.89 Å². The lowest BCUT2D eigenvalue weighted by Crippen LogP contribution is -2.18. The van der Waals surface area contributed by atoms with Gasteiger partial charge in [-0.05, 0) is 12.8 Å². The minimum Gasteiger partial charge on any atom is -0.407 e. The molecule has 0 saturated carbocycles. The van der Waals surface area contributed by atoms with Crippen molar-refractivity contribution in [2.45, 2.75) is 24.8 Å². The second-order valence-electron chi connectivity index (χ2n) is 3.15. The predicted molar refractivity (Wildman–Crippen MR) is 51.3 cm³/mol. The van der Waals surface area contributed by atoms with E-state index in [1.165, 1.54) is 0 Å². The summed E-state index contributed by atoms with van der Waals surface area (Å²) in [6.45, 7) is 1.56. The van der Waals surface area contributed by atoms with E-state index < -0.39 is 0 Å². The van der Waals surface area contributed by atoms with E-state index in [4.69, 9.17) is 20.8 Å². The Hall–Kier alpha value is -0.810. The molecule has 1 aliphatic rings. The summed E-state index contributed by atoms with van der Waals surface area (Å²) in [6.07, 6.45) is 2.48. The lowest BCUT2D eigenvalue weighted by Gasteiger charge is -2.07. The van der Waals surface area contributed by atoms with Crippen molar-refractivity contribution in [1.29, 1.82) is 0 Å². The number of halogens is 1. The van der Waals surface area contributed by atoms with Crippen LogP contribution < -0.4 is 5.32 Å². The van der Waals surface area contributed by atoms with E-state index in [0.717, 1.165) is 19.4 Å². The van der Waals surface area contributed by atoms with Crippen LogP contribution in [0.4, 0.5) is 6.01 Å². The topological polar surface area (TPSA) is 60.2 Å². The molecule has 1 atom stereocenters. The molecule has 1 N–H and O–H groups in total. The quantitative estimate of drug-likeness (QED) is 0.773. The summed E-state index contributed by atoms with van der Waals surface area (Å²) in [4.78, 5) is 0. The molecule has 1 unspecified atom stereocenters. The van der Waals surface area contributed by atoms with Crippen LogP contribution in [0.2, 0.25) is 0 Å². The van der Waals surface area contributed by atoms with E-state index >= 15 is 0 Å². The second-order valence-corrected chi connectivity index (χ2v) is 3.42. The SMILES string of the molecule is ClCc1nnc(NCC2CCCO2)o1. The third-order valence-electron chi connectivity index (χ3n) is 2.09. The van der Waals surface area contributed by atoms with Crippen LogP contribution >= 0.6 is 11.6 Å². The first kappa shape index (κ1) is 9.73. The van der Waals surface area contributed by atoms with Crippen molar-refractivity contribution in [3.8, 4) is 0 Å². The molecule has 0 aromatic carbocycles. The number of ether oxygens (including phenoxy) is 1. The Morgan fingerprint density at radius 1 is 1.50 bits per heavy atom. The third-order valence-corrected chi connectivity index (χ3v) is 2.31. The molecule has 1 saturated heterocycles. The van der Waals surface area contributed by atoms with Gasteiger partial charge in [-0.25, -0.2) is 0 Å². The van der Waals surface area contributed by atoms with Crippen LogP contribution in [0.1, 0.15) is 18.7 Å². The highest BCUT2D eigenvalue weighted by Crippen LogP contribution is 2.13. The van der Waals surface area contributed by atoms with Gasteiger partial charge in [-0.2, -0.15) is 0 Å². The van der Waals surface area contributed by atoms with Crippen LogP contribution in [0.3, 0.4) is 0 Å². The first-order chi connectivity index (χ1) is 6.88. The average Bonchev–Trinajstić information content (AvgIpc) is 2.86. The maximum atomic E-state index is 5.52. The minimum absolute atomic E-state index is 0.245.